The van der Waals surface area contributed by atoms with Crippen LogP contribution in [0.4, 0.5) is 15.3 Å². The summed E-state index contributed by atoms with van der Waals surface area (Å²) < 4.78 is 9.58. The van der Waals surface area contributed by atoms with Crippen LogP contribution in [0, 0.1) is 11.8 Å². The van der Waals surface area contributed by atoms with Crippen molar-refractivity contribution in [3.8, 4) is 11.4 Å². The molecular weight excluding hydrogens is 803 g/mol. The number of benzene rings is 3. The number of carbonyl (C=O) groups is 4. The zero-order chi connectivity index (χ0) is 44.1. The van der Waals surface area contributed by atoms with E-state index in [0.29, 0.717) is 13.1 Å². The molecule has 2 fully saturated rings. The number of aromatic nitrogens is 6. The number of amides is 4. The summed E-state index contributed by atoms with van der Waals surface area (Å²) >= 11 is 0. The van der Waals surface area contributed by atoms with Gasteiger partial charge in [-0.1, -0.05) is 33.8 Å². The molecule has 3 aliphatic heterocycles. The van der Waals surface area contributed by atoms with Crippen molar-refractivity contribution in [3.05, 3.63) is 71.3 Å². The molecule has 5 atom stereocenters. The molecule has 4 amide bonds. The van der Waals surface area contributed by atoms with Gasteiger partial charge in [-0.05, 0) is 97.5 Å². The van der Waals surface area contributed by atoms with E-state index in [0.717, 1.165) is 100 Å². The Labute approximate surface area is 364 Å². The first-order valence-corrected chi connectivity index (χ1v) is 21.9. The van der Waals surface area contributed by atoms with Gasteiger partial charge in [0.15, 0.2) is 0 Å². The Morgan fingerprint density at radius 3 is 1.81 bits per heavy atom. The smallest absolute Gasteiger partial charge is 0.407 e. The number of rotatable bonds is 10. The molecule has 17 heteroatoms. The number of fused-ring (bicyclic) bond motifs is 4. The first-order valence-electron chi connectivity index (χ1n) is 21.9. The number of carbonyl (C=O) groups excluding carboxylic acids is 4. The average Bonchev–Trinajstić information content (AvgIpc) is 4.14. The third-order valence-electron chi connectivity index (χ3n) is 13.0. The first kappa shape index (κ1) is 41.7. The predicted octanol–water partition coefficient (Wildman–Crippen LogP) is 6.82. The van der Waals surface area contributed by atoms with Gasteiger partial charge in [-0.2, -0.15) is 0 Å². The molecule has 5 unspecified atom stereocenters. The van der Waals surface area contributed by atoms with E-state index in [9.17, 15) is 19.2 Å². The van der Waals surface area contributed by atoms with Crippen LogP contribution < -0.4 is 16.0 Å². The fourth-order valence-corrected chi connectivity index (χ4v) is 9.56. The molecule has 0 radical (unpaired) electrons. The lowest BCUT2D eigenvalue weighted by molar-refractivity contribution is -0.136. The summed E-state index contributed by atoms with van der Waals surface area (Å²) in [5, 5.41) is 9.10. The van der Waals surface area contributed by atoms with Gasteiger partial charge in [-0.3, -0.25) is 9.59 Å². The normalized spacial score (nSPS) is 19.7. The average molecular weight is 858 g/mol. The number of anilines is 1. The molecule has 0 spiro atoms. The molecule has 63 heavy (non-hydrogen) atoms. The lowest BCUT2D eigenvalue weighted by Gasteiger charge is -2.29. The molecule has 0 bridgehead atoms. The number of nitrogens with one attached hydrogen (secondary N) is 6. The summed E-state index contributed by atoms with van der Waals surface area (Å²) in [5.74, 6) is 1.94. The second-order valence-electron chi connectivity index (χ2n) is 17.7. The third kappa shape index (κ3) is 8.00. The molecule has 3 aliphatic rings. The Hall–Kier alpha value is -6.65. The first-order chi connectivity index (χ1) is 30.4. The van der Waals surface area contributed by atoms with Crippen molar-refractivity contribution in [1.82, 2.24) is 50.3 Å². The zero-order valence-electron chi connectivity index (χ0n) is 36.5. The monoisotopic (exact) mass is 857 g/mol. The Kier molecular flexibility index (Phi) is 11.2. The molecule has 0 aliphatic carbocycles. The van der Waals surface area contributed by atoms with Crippen LogP contribution in [0.5, 0.6) is 0 Å². The fraction of sp³-hybridized carbons (Fsp3) is 0.457. The number of hydrogen-bond donors (Lipinski definition) is 6. The maximum atomic E-state index is 13.7. The molecule has 3 aromatic heterocycles. The Morgan fingerprint density at radius 2 is 1.24 bits per heavy atom. The van der Waals surface area contributed by atoms with Crippen molar-refractivity contribution in [1.29, 1.82) is 0 Å². The molecule has 6 aromatic rings. The van der Waals surface area contributed by atoms with Gasteiger partial charge in [-0.25, -0.2) is 24.5 Å². The third-order valence-corrected chi connectivity index (χ3v) is 13.0. The van der Waals surface area contributed by atoms with Gasteiger partial charge in [0.25, 0.3) is 0 Å². The van der Waals surface area contributed by atoms with Gasteiger partial charge in [-0.15, -0.1) is 0 Å². The van der Waals surface area contributed by atoms with Crippen molar-refractivity contribution in [2.45, 2.75) is 89.9 Å². The van der Waals surface area contributed by atoms with Crippen molar-refractivity contribution >= 4 is 62.8 Å². The van der Waals surface area contributed by atoms with E-state index in [1.54, 1.807) is 0 Å². The lowest BCUT2D eigenvalue weighted by atomic mass is 9.88. The van der Waals surface area contributed by atoms with Crippen LogP contribution in [0.3, 0.4) is 0 Å². The Morgan fingerprint density at radius 1 is 0.683 bits per heavy atom. The van der Waals surface area contributed by atoms with Crippen LogP contribution in [-0.2, 0) is 25.5 Å². The van der Waals surface area contributed by atoms with E-state index in [1.165, 1.54) is 25.3 Å². The molecular formula is C46H55N11O6. The summed E-state index contributed by atoms with van der Waals surface area (Å²) in [6.07, 6.45) is 2.84. The van der Waals surface area contributed by atoms with Crippen molar-refractivity contribution in [2.24, 2.45) is 11.8 Å². The molecule has 330 valence electrons. The maximum Gasteiger partial charge on any atom is 0.407 e. The molecule has 2 saturated heterocycles. The number of methoxy groups -OCH3 is 2. The van der Waals surface area contributed by atoms with Gasteiger partial charge in [0.05, 0.1) is 59.4 Å². The second kappa shape index (κ2) is 16.9. The Bertz CT molecular complexity index is 2720. The summed E-state index contributed by atoms with van der Waals surface area (Å²) in [6.45, 7) is 9.58. The molecule has 0 saturated carbocycles. The second-order valence-corrected chi connectivity index (χ2v) is 17.7. The standard InChI is InChI=1S/C46H55N11O6/c1-23(2)38(54-45(60)62-5)43(58)56-15-7-9-36(56)41-48-29-13-11-25(18-32(29)52-41)28-17-27-20-34-35(21-31(27)47-22-28)51-40(50-34)26-12-14-30-33(19-26)53-42(49-30)37-10-8-16-57(37)44(59)39(24(3)4)55-46(61)63-6/h11-14,18-21,23-24,28,36-39,47H,7-10,15-17,22H2,1-6H3,(H,48,52)(H,49,53)(H,50,51)(H,54,60)(H,55,61). The van der Waals surface area contributed by atoms with Crippen molar-refractivity contribution in [3.63, 3.8) is 0 Å². The maximum absolute atomic E-state index is 13.7. The SMILES string of the molecule is COC(=O)NC(C(=O)N1CCCC1c1nc2ccc(-c3nc4cc5c(cc4[nH]3)CC(c3ccc4nc(C6CCCN6C(=O)C(NC(=O)OC)C(C)C)[nH]c4c3)CN5)cc2[nH]1)C(C)C. The molecule has 17 nitrogen and oxygen atoms in total. The van der Waals surface area contributed by atoms with Crippen LogP contribution in [0.1, 0.15) is 94.2 Å². The highest BCUT2D eigenvalue weighted by atomic mass is 16.5. The van der Waals surface area contributed by atoms with Gasteiger partial charge in [0.1, 0.15) is 29.6 Å². The van der Waals surface area contributed by atoms with Crippen LogP contribution in [0.2, 0.25) is 0 Å². The number of hydrogen-bond acceptors (Lipinski definition) is 10. The van der Waals surface area contributed by atoms with E-state index >= 15 is 0 Å². The highest BCUT2D eigenvalue weighted by molar-refractivity contribution is 5.89. The quantitative estimate of drug-likeness (QED) is 0.0845. The van der Waals surface area contributed by atoms with E-state index in [-0.39, 0.29) is 41.7 Å². The van der Waals surface area contributed by atoms with Gasteiger partial charge < -0.3 is 50.2 Å². The molecule has 6 N–H and O–H groups in total. The highest BCUT2D eigenvalue weighted by Gasteiger charge is 2.39. The number of aromatic amines is 3. The summed E-state index contributed by atoms with van der Waals surface area (Å²) in [6, 6.07) is 14.9. The predicted molar refractivity (Wildman–Crippen MR) is 238 cm³/mol. The highest BCUT2D eigenvalue weighted by Crippen LogP contribution is 2.38. The number of nitrogens with zero attached hydrogens (tertiary/aromatic N) is 5. The Balaban J connectivity index is 0.905. The number of likely N-dealkylation sites (tertiary alicyclic amines) is 2. The number of imidazole rings is 3. The van der Waals surface area contributed by atoms with Crippen molar-refractivity contribution in [2.75, 3.05) is 39.2 Å². The molecule has 9 rings (SSSR count). The summed E-state index contributed by atoms with van der Waals surface area (Å²) in [4.78, 5) is 80.6. The topological polar surface area (TPSA) is 215 Å². The summed E-state index contributed by atoms with van der Waals surface area (Å²) in [7, 11) is 2.59. The van der Waals surface area contributed by atoms with E-state index < -0.39 is 24.3 Å². The largest absolute Gasteiger partial charge is 0.453 e. The van der Waals surface area contributed by atoms with Crippen LogP contribution in [0.25, 0.3) is 44.5 Å². The van der Waals surface area contributed by atoms with Gasteiger partial charge in [0, 0.05) is 36.8 Å². The van der Waals surface area contributed by atoms with E-state index in [2.05, 4.69) is 61.2 Å². The zero-order valence-corrected chi connectivity index (χ0v) is 36.5. The number of alkyl carbamates (subject to hydrolysis) is 2. The lowest BCUT2D eigenvalue weighted by Crippen LogP contribution is -2.51. The van der Waals surface area contributed by atoms with Crippen LogP contribution >= 0.6 is 0 Å². The van der Waals surface area contributed by atoms with E-state index in [1.807, 2.05) is 55.7 Å². The van der Waals surface area contributed by atoms with E-state index in [4.69, 9.17) is 24.4 Å². The summed E-state index contributed by atoms with van der Waals surface area (Å²) in [5.41, 5.74) is 9.61. The van der Waals surface area contributed by atoms with Crippen molar-refractivity contribution < 1.29 is 28.7 Å². The molecule has 6 heterocycles. The molecule has 3 aromatic carbocycles. The van der Waals surface area contributed by atoms with Crippen LogP contribution in [-0.4, -0.2) is 110 Å². The minimum Gasteiger partial charge on any atom is -0.453 e. The van der Waals surface area contributed by atoms with Gasteiger partial charge >= 0.3 is 12.2 Å². The minimum atomic E-state index is -0.702. The minimum absolute atomic E-state index is 0.108. The van der Waals surface area contributed by atoms with Crippen LogP contribution in [0.15, 0.2) is 48.5 Å². The van der Waals surface area contributed by atoms with Gasteiger partial charge in [0.2, 0.25) is 11.8 Å². The number of H-pyrrole nitrogens is 3. The number of ether oxygens (including phenoxy) is 2. The fourth-order valence-electron chi connectivity index (χ4n) is 9.56.